The van der Waals surface area contributed by atoms with E-state index in [2.05, 4.69) is 205 Å². The van der Waals surface area contributed by atoms with Crippen LogP contribution in [-0.4, -0.2) is 0 Å². The normalized spacial score (nSPS) is 11.6. The largest absolute Gasteiger partial charge is 0.310 e. The molecule has 0 amide bonds. The van der Waals surface area contributed by atoms with Gasteiger partial charge in [-0.1, -0.05) is 140 Å². The molecule has 0 fully saturated rings. The molecule has 0 aliphatic rings. The lowest BCUT2D eigenvalue weighted by atomic mass is 9.94. The second kappa shape index (κ2) is 13.1. The number of thiophene rings is 2. The molecule has 11 aromatic rings. The molecule has 0 saturated carbocycles. The van der Waals surface area contributed by atoms with Gasteiger partial charge in [0.1, 0.15) is 0 Å². The SMILES string of the molecule is c1ccc(-c2ccc(-c3cccc4ccccc34)cc2N(c2cccc(-c3ccc4sc5ccccc5c4c3)c2)c2ccc3sc4ccccc4c3c2)cc1. The summed E-state index contributed by atoms with van der Waals surface area (Å²) in [5.74, 6) is 0. The highest BCUT2D eigenvalue weighted by molar-refractivity contribution is 7.26. The number of hydrogen-bond donors (Lipinski definition) is 0. The molecular weight excluding hydrogens is 703 g/mol. The Morgan fingerprint density at radius 2 is 0.855 bits per heavy atom. The molecule has 2 aromatic heterocycles. The van der Waals surface area contributed by atoms with Crippen molar-refractivity contribution < 1.29 is 0 Å². The predicted molar refractivity (Wildman–Crippen MR) is 241 cm³/mol. The van der Waals surface area contributed by atoms with E-state index in [-0.39, 0.29) is 0 Å². The lowest BCUT2D eigenvalue weighted by molar-refractivity contribution is 1.29. The monoisotopic (exact) mass is 735 g/mol. The molecule has 0 radical (unpaired) electrons. The van der Waals surface area contributed by atoms with Gasteiger partial charge in [0.2, 0.25) is 0 Å². The van der Waals surface area contributed by atoms with Crippen LogP contribution in [0.2, 0.25) is 0 Å². The maximum Gasteiger partial charge on any atom is 0.0546 e. The van der Waals surface area contributed by atoms with Crippen LogP contribution in [0.3, 0.4) is 0 Å². The van der Waals surface area contributed by atoms with Gasteiger partial charge in [-0.25, -0.2) is 0 Å². The zero-order chi connectivity index (χ0) is 36.3. The fourth-order valence-corrected chi connectivity index (χ4v) is 10.4. The topological polar surface area (TPSA) is 3.24 Å². The summed E-state index contributed by atoms with van der Waals surface area (Å²) in [6.45, 7) is 0. The van der Waals surface area contributed by atoms with Gasteiger partial charge in [-0.3, -0.25) is 0 Å². The summed E-state index contributed by atoms with van der Waals surface area (Å²) in [4.78, 5) is 2.48. The Morgan fingerprint density at radius 1 is 0.291 bits per heavy atom. The van der Waals surface area contributed by atoms with Crippen LogP contribution >= 0.6 is 22.7 Å². The Morgan fingerprint density at radius 3 is 1.65 bits per heavy atom. The lowest BCUT2D eigenvalue weighted by Crippen LogP contribution is -2.11. The molecule has 1 nitrogen and oxygen atoms in total. The smallest absolute Gasteiger partial charge is 0.0546 e. The Bertz CT molecular complexity index is 3220. The number of benzene rings is 9. The highest BCUT2D eigenvalue weighted by atomic mass is 32.1. The maximum absolute atomic E-state index is 2.48. The molecule has 0 bridgehead atoms. The van der Waals surface area contributed by atoms with Gasteiger partial charge >= 0.3 is 0 Å². The van der Waals surface area contributed by atoms with Crippen LogP contribution < -0.4 is 4.90 Å². The minimum Gasteiger partial charge on any atom is -0.310 e. The Hall–Kier alpha value is -6.52. The number of rotatable bonds is 6. The van der Waals surface area contributed by atoms with Crippen LogP contribution in [0, 0.1) is 0 Å². The van der Waals surface area contributed by atoms with E-state index in [0.717, 1.165) is 17.1 Å². The number of hydrogen-bond acceptors (Lipinski definition) is 3. The van der Waals surface area contributed by atoms with E-state index >= 15 is 0 Å². The van der Waals surface area contributed by atoms with Crippen molar-refractivity contribution >= 4 is 90.9 Å². The standard InChI is InChI=1S/C52H33NS2/c1-2-12-35(13-3-1)43-27-24-38(42-21-11-15-34-14-4-5-18-41(34)42)32-48(43)53(40-26-29-52-47(33-40)45-20-7-9-23-50(45)55-52)39-17-10-16-36(30-39)37-25-28-51-46(31-37)44-19-6-8-22-49(44)54-51/h1-33H. The second-order valence-corrected chi connectivity index (χ2v) is 16.3. The summed E-state index contributed by atoms with van der Waals surface area (Å²) in [5, 5.41) is 7.69. The molecule has 258 valence electrons. The van der Waals surface area contributed by atoms with Crippen molar-refractivity contribution in [2.24, 2.45) is 0 Å². The molecule has 11 rings (SSSR count). The molecule has 0 unspecified atom stereocenters. The second-order valence-electron chi connectivity index (χ2n) is 14.1. The van der Waals surface area contributed by atoms with Crippen LogP contribution in [0.1, 0.15) is 0 Å². The van der Waals surface area contributed by atoms with Crippen LogP contribution in [0.15, 0.2) is 200 Å². The van der Waals surface area contributed by atoms with E-state index in [1.54, 1.807) is 0 Å². The first kappa shape index (κ1) is 32.0. The minimum absolute atomic E-state index is 1.11. The third kappa shape index (κ3) is 5.51. The van der Waals surface area contributed by atoms with Crippen molar-refractivity contribution in [2.45, 2.75) is 0 Å². The summed E-state index contributed by atoms with van der Waals surface area (Å²) in [7, 11) is 0. The van der Waals surface area contributed by atoms with Crippen molar-refractivity contribution in [3.8, 4) is 33.4 Å². The molecule has 2 heterocycles. The number of nitrogens with zero attached hydrogens (tertiary/aromatic N) is 1. The highest BCUT2D eigenvalue weighted by Crippen LogP contribution is 2.46. The first-order valence-electron chi connectivity index (χ1n) is 18.7. The van der Waals surface area contributed by atoms with Gasteiger partial charge in [-0.15, -0.1) is 22.7 Å². The molecule has 0 saturated heterocycles. The average molecular weight is 736 g/mol. The third-order valence-electron chi connectivity index (χ3n) is 10.9. The van der Waals surface area contributed by atoms with Crippen molar-refractivity contribution in [3.63, 3.8) is 0 Å². The Kier molecular flexibility index (Phi) is 7.61. The van der Waals surface area contributed by atoms with E-state index in [1.807, 2.05) is 22.7 Å². The number of anilines is 3. The lowest BCUT2D eigenvalue weighted by Gasteiger charge is -2.29. The minimum atomic E-state index is 1.11. The first-order valence-corrected chi connectivity index (χ1v) is 20.3. The van der Waals surface area contributed by atoms with Crippen molar-refractivity contribution in [1.82, 2.24) is 0 Å². The van der Waals surface area contributed by atoms with Crippen LogP contribution in [-0.2, 0) is 0 Å². The Balaban J connectivity index is 1.17. The van der Waals surface area contributed by atoms with Gasteiger partial charge in [0.05, 0.1) is 5.69 Å². The Labute approximate surface area is 327 Å². The van der Waals surface area contributed by atoms with E-state index in [1.165, 1.54) is 84.5 Å². The van der Waals surface area contributed by atoms with Crippen LogP contribution in [0.5, 0.6) is 0 Å². The fraction of sp³-hybridized carbons (Fsp3) is 0. The summed E-state index contributed by atoms with van der Waals surface area (Å²) in [5.41, 5.74) is 10.5. The summed E-state index contributed by atoms with van der Waals surface area (Å²) >= 11 is 3.72. The number of fused-ring (bicyclic) bond motifs is 7. The molecule has 0 atom stereocenters. The zero-order valence-corrected chi connectivity index (χ0v) is 31.4. The van der Waals surface area contributed by atoms with Crippen molar-refractivity contribution in [2.75, 3.05) is 4.90 Å². The average Bonchev–Trinajstić information content (AvgIpc) is 3.82. The zero-order valence-electron chi connectivity index (χ0n) is 29.8. The van der Waals surface area contributed by atoms with Crippen LogP contribution in [0.4, 0.5) is 17.1 Å². The molecule has 0 aliphatic carbocycles. The van der Waals surface area contributed by atoms with Gasteiger partial charge < -0.3 is 4.90 Å². The summed E-state index contributed by atoms with van der Waals surface area (Å²) in [6, 6.07) is 73.7. The highest BCUT2D eigenvalue weighted by Gasteiger charge is 2.21. The van der Waals surface area contributed by atoms with Crippen molar-refractivity contribution in [3.05, 3.63) is 200 Å². The van der Waals surface area contributed by atoms with E-state index < -0.39 is 0 Å². The van der Waals surface area contributed by atoms with Gasteiger partial charge in [0.25, 0.3) is 0 Å². The van der Waals surface area contributed by atoms with Gasteiger partial charge in [0.15, 0.2) is 0 Å². The van der Waals surface area contributed by atoms with Crippen molar-refractivity contribution in [1.29, 1.82) is 0 Å². The van der Waals surface area contributed by atoms with Gasteiger partial charge in [-0.05, 0) is 99.3 Å². The molecule has 0 spiro atoms. The van der Waals surface area contributed by atoms with E-state index in [9.17, 15) is 0 Å². The third-order valence-corrected chi connectivity index (χ3v) is 13.2. The summed E-state index contributed by atoms with van der Waals surface area (Å²) in [6.07, 6.45) is 0. The van der Waals surface area contributed by atoms with Gasteiger partial charge in [0, 0.05) is 57.3 Å². The quantitative estimate of drug-likeness (QED) is 0.164. The predicted octanol–water partition coefficient (Wildman–Crippen LogP) is 16.0. The molecular formula is C52H33NS2. The van der Waals surface area contributed by atoms with Crippen LogP contribution in [0.25, 0.3) is 84.5 Å². The van der Waals surface area contributed by atoms with Gasteiger partial charge in [-0.2, -0.15) is 0 Å². The summed E-state index contributed by atoms with van der Waals surface area (Å²) < 4.78 is 5.24. The van der Waals surface area contributed by atoms with E-state index in [0.29, 0.717) is 0 Å². The molecule has 3 heteroatoms. The van der Waals surface area contributed by atoms with E-state index in [4.69, 9.17) is 0 Å². The molecule has 9 aromatic carbocycles. The molecule has 0 N–H and O–H groups in total. The molecule has 55 heavy (non-hydrogen) atoms. The first-order chi connectivity index (χ1) is 27.2. The maximum atomic E-state index is 2.48. The molecule has 0 aliphatic heterocycles. The fourth-order valence-electron chi connectivity index (χ4n) is 8.23.